The first kappa shape index (κ1) is 22.7. The van der Waals surface area contributed by atoms with Crippen LogP contribution in [0.3, 0.4) is 0 Å². The third-order valence-electron chi connectivity index (χ3n) is 4.50. The second-order valence-electron chi connectivity index (χ2n) is 6.76. The van der Waals surface area contributed by atoms with Crippen LogP contribution in [0.15, 0.2) is 46.0 Å². The Morgan fingerprint density at radius 1 is 0.667 bits per heavy atom. The van der Waals surface area contributed by atoms with E-state index in [1.165, 1.54) is 24.3 Å². The fourth-order valence-electron chi connectivity index (χ4n) is 2.85. The van der Waals surface area contributed by atoms with Gasteiger partial charge in [0.15, 0.2) is 0 Å². The maximum absolute atomic E-state index is 11.9. The van der Waals surface area contributed by atoms with Gasteiger partial charge in [-0.05, 0) is 25.0 Å². The minimum atomic E-state index is -0.659. The van der Waals surface area contributed by atoms with Gasteiger partial charge < -0.3 is 21.0 Å². The van der Waals surface area contributed by atoms with Gasteiger partial charge in [0, 0.05) is 25.2 Å². The van der Waals surface area contributed by atoms with Crippen LogP contribution in [-0.4, -0.2) is 44.8 Å². The molecule has 0 spiro atoms. The van der Waals surface area contributed by atoms with Crippen LogP contribution in [0.4, 0.5) is 0 Å². The molecule has 0 aliphatic heterocycles. The number of carbonyl (C=O) groups is 2. The van der Waals surface area contributed by atoms with Gasteiger partial charge in [-0.2, -0.15) is 0 Å². The van der Waals surface area contributed by atoms with Crippen LogP contribution in [0.1, 0.15) is 59.5 Å². The van der Waals surface area contributed by atoms with Crippen LogP contribution in [0, 0.1) is 0 Å². The van der Waals surface area contributed by atoms with E-state index in [-0.39, 0.29) is 11.4 Å². The van der Waals surface area contributed by atoms with Crippen molar-refractivity contribution in [3.63, 3.8) is 0 Å². The van der Waals surface area contributed by atoms with Crippen molar-refractivity contribution in [2.45, 2.75) is 38.5 Å². The Morgan fingerprint density at radius 3 is 1.43 bits per heavy atom. The van der Waals surface area contributed by atoms with Crippen molar-refractivity contribution in [1.29, 1.82) is 0 Å². The predicted octanol–water partition coefficient (Wildman–Crippen LogP) is 0.985. The molecule has 0 aromatic carbocycles. The van der Waals surface area contributed by atoms with E-state index in [2.05, 4.69) is 10.6 Å². The van der Waals surface area contributed by atoms with Crippen molar-refractivity contribution in [3.05, 3.63) is 68.5 Å². The summed E-state index contributed by atoms with van der Waals surface area (Å²) >= 11 is 0. The average Bonchev–Trinajstić information content (AvgIpc) is 2.73. The molecule has 0 aliphatic carbocycles. The Hall–Kier alpha value is -3.56. The highest BCUT2D eigenvalue weighted by Gasteiger charge is 2.11. The maximum atomic E-state index is 11.9. The fraction of sp³-hybridized carbons (Fsp3) is 0.400. The van der Waals surface area contributed by atoms with E-state index in [0.29, 0.717) is 22.6 Å². The molecule has 2 heterocycles. The van der Waals surface area contributed by atoms with Gasteiger partial charge in [-0.1, -0.05) is 37.8 Å². The highest BCUT2D eigenvalue weighted by molar-refractivity contribution is 5.92. The maximum Gasteiger partial charge on any atom is 0.283 e. The molecule has 4 N–H and O–H groups in total. The summed E-state index contributed by atoms with van der Waals surface area (Å²) in [7, 11) is 0. The minimum Gasteiger partial charge on any atom is -0.425 e. The Morgan fingerprint density at radius 2 is 1.03 bits per heavy atom. The molecule has 0 saturated heterocycles. The van der Waals surface area contributed by atoms with Gasteiger partial charge in [-0.25, -0.2) is 0 Å². The smallest absolute Gasteiger partial charge is 0.283 e. The SMILES string of the molecule is O=C(NCCCCCCCCNC(=O)c1cccc(=O)n1O)c1cccc(=O)n1O. The topological polar surface area (TPSA) is 143 Å². The average molecular weight is 418 g/mol. The van der Waals surface area contributed by atoms with E-state index < -0.39 is 22.9 Å². The number of unbranched alkanes of at least 4 members (excludes halogenated alkanes) is 5. The number of hydrogen-bond donors (Lipinski definition) is 4. The largest absolute Gasteiger partial charge is 0.425 e. The molecule has 0 bridgehead atoms. The molecule has 0 aliphatic rings. The zero-order valence-corrected chi connectivity index (χ0v) is 16.5. The van der Waals surface area contributed by atoms with Crippen LogP contribution in [-0.2, 0) is 0 Å². The Bertz CT molecular complexity index is 902. The molecule has 0 atom stereocenters. The van der Waals surface area contributed by atoms with Gasteiger partial charge in [0.2, 0.25) is 0 Å². The minimum absolute atomic E-state index is 0.0988. The van der Waals surface area contributed by atoms with Crippen molar-refractivity contribution in [3.8, 4) is 0 Å². The van der Waals surface area contributed by atoms with E-state index in [4.69, 9.17) is 0 Å². The zero-order valence-electron chi connectivity index (χ0n) is 16.5. The first-order chi connectivity index (χ1) is 14.4. The molecular formula is C20H26N4O6. The Kier molecular flexibility index (Phi) is 8.67. The third-order valence-corrected chi connectivity index (χ3v) is 4.50. The number of amides is 2. The fourth-order valence-corrected chi connectivity index (χ4v) is 2.85. The number of carbonyl (C=O) groups excluding carboxylic acids is 2. The van der Waals surface area contributed by atoms with Gasteiger partial charge in [-0.15, -0.1) is 9.46 Å². The summed E-state index contributed by atoms with van der Waals surface area (Å²) in [6.45, 7) is 0.885. The molecule has 2 rings (SSSR count). The second kappa shape index (κ2) is 11.4. The van der Waals surface area contributed by atoms with Crippen LogP contribution < -0.4 is 21.8 Å². The van der Waals surface area contributed by atoms with E-state index >= 15 is 0 Å². The Labute approximate surface area is 172 Å². The van der Waals surface area contributed by atoms with Gasteiger partial charge in [0.25, 0.3) is 22.9 Å². The van der Waals surface area contributed by atoms with Crippen molar-refractivity contribution in [1.82, 2.24) is 20.1 Å². The van der Waals surface area contributed by atoms with E-state index in [9.17, 15) is 29.6 Å². The number of pyridine rings is 2. The van der Waals surface area contributed by atoms with Crippen LogP contribution in [0.2, 0.25) is 0 Å². The lowest BCUT2D eigenvalue weighted by Gasteiger charge is -2.08. The summed E-state index contributed by atoms with van der Waals surface area (Å²) in [5.41, 5.74) is -1.52. The van der Waals surface area contributed by atoms with E-state index in [0.717, 1.165) is 50.7 Å². The number of hydrogen-bond acceptors (Lipinski definition) is 6. The molecule has 2 amide bonds. The summed E-state index contributed by atoms with van der Waals surface area (Å²) in [6.07, 6.45) is 5.30. The van der Waals surface area contributed by atoms with Gasteiger partial charge >= 0.3 is 0 Å². The summed E-state index contributed by atoms with van der Waals surface area (Å²) in [6, 6.07) is 7.88. The molecule has 2 aromatic heterocycles. The van der Waals surface area contributed by atoms with Crippen LogP contribution in [0.5, 0.6) is 0 Å². The molecule has 0 fully saturated rings. The molecule has 2 aromatic rings. The molecule has 162 valence electrons. The standard InChI is InChI=1S/C20H26N4O6/c25-17-11-7-9-15(23(17)29)19(27)21-13-5-3-1-2-4-6-14-22-20(28)16-10-8-12-18(26)24(16)30/h7-12,29-30H,1-6,13-14H2,(H,21,27)(H,22,28). The quantitative estimate of drug-likeness (QED) is 0.317. The number of rotatable bonds is 11. The van der Waals surface area contributed by atoms with Gasteiger partial charge in [0.1, 0.15) is 11.4 Å². The normalized spacial score (nSPS) is 10.5. The number of nitrogens with one attached hydrogen (secondary N) is 2. The lowest BCUT2D eigenvalue weighted by atomic mass is 10.1. The summed E-state index contributed by atoms with van der Waals surface area (Å²) in [4.78, 5) is 46.4. The molecule has 30 heavy (non-hydrogen) atoms. The molecule has 0 radical (unpaired) electrons. The van der Waals surface area contributed by atoms with Crippen molar-refractivity contribution in [2.24, 2.45) is 0 Å². The van der Waals surface area contributed by atoms with E-state index in [1.54, 1.807) is 0 Å². The van der Waals surface area contributed by atoms with E-state index in [1.807, 2.05) is 0 Å². The Balaban J connectivity index is 1.52. The van der Waals surface area contributed by atoms with Crippen LogP contribution in [0.25, 0.3) is 0 Å². The van der Waals surface area contributed by atoms with Crippen molar-refractivity contribution < 1.29 is 20.0 Å². The third kappa shape index (κ3) is 6.50. The number of nitrogens with zero attached hydrogens (tertiary/aromatic N) is 2. The summed E-state index contributed by atoms with van der Waals surface area (Å²) in [5, 5.41) is 24.4. The second-order valence-corrected chi connectivity index (χ2v) is 6.76. The van der Waals surface area contributed by atoms with Crippen molar-refractivity contribution in [2.75, 3.05) is 13.1 Å². The molecule has 0 unspecified atom stereocenters. The number of aromatic nitrogens is 2. The lowest BCUT2D eigenvalue weighted by molar-refractivity contribution is 0.0881. The lowest BCUT2D eigenvalue weighted by Crippen LogP contribution is -2.31. The first-order valence-corrected chi connectivity index (χ1v) is 9.81. The first-order valence-electron chi connectivity index (χ1n) is 9.81. The van der Waals surface area contributed by atoms with Crippen molar-refractivity contribution >= 4 is 11.8 Å². The zero-order chi connectivity index (χ0) is 21.9. The molecule has 10 heteroatoms. The summed E-state index contributed by atoms with van der Waals surface area (Å²) in [5.74, 6) is -1.00. The van der Waals surface area contributed by atoms with Gasteiger partial charge in [0.05, 0.1) is 0 Å². The monoisotopic (exact) mass is 418 g/mol. The summed E-state index contributed by atoms with van der Waals surface area (Å²) < 4.78 is 0.650. The molecule has 0 saturated carbocycles. The van der Waals surface area contributed by atoms with Crippen LogP contribution >= 0.6 is 0 Å². The highest BCUT2D eigenvalue weighted by atomic mass is 16.5. The molecular weight excluding hydrogens is 392 g/mol. The predicted molar refractivity (Wildman–Crippen MR) is 108 cm³/mol. The molecule has 10 nitrogen and oxygen atoms in total. The van der Waals surface area contributed by atoms with Gasteiger partial charge in [-0.3, -0.25) is 19.2 Å². The highest BCUT2D eigenvalue weighted by Crippen LogP contribution is 2.05.